The molecule has 0 unspecified atom stereocenters. The predicted octanol–water partition coefficient (Wildman–Crippen LogP) is 2.09. The molecular formula is C18H27FN4O3. The Balaban J connectivity index is 2.01. The summed E-state index contributed by atoms with van der Waals surface area (Å²) >= 11 is 0. The van der Waals surface area contributed by atoms with Crippen LogP contribution in [0.2, 0.25) is 0 Å². The number of carbonyl (C=O) groups is 2. The van der Waals surface area contributed by atoms with Crippen LogP contribution in [0.15, 0.2) is 18.2 Å². The van der Waals surface area contributed by atoms with Gasteiger partial charge in [0.25, 0.3) is 0 Å². The molecule has 8 heteroatoms. The summed E-state index contributed by atoms with van der Waals surface area (Å²) in [6.45, 7) is 7.50. The molecule has 3 amide bonds. The maximum absolute atomic E-state index is 13.7. The third-order valence-electron chi connectivity index (χ3n) is 4.39. The Bertz CT molecular complexity index is 653. The molecule has 7 nitrogen and oxygen atoms in total. The van der Waals surface area contributed by atoms with Crippen LogP contribution in [0.3, 0.4) is 0 Å². The minimum Gasteiger partial charge on any atom is -0.392 e. The Morgan fingerprint density at radius 2 is 2.08 bits per heavy atom. The van der Waals surface area contributed by atoms with Gasteiger partial charge in [-0.15, -0.1) is 0 Å². The van der Waals surface area contributed by atoms with E-state index in [9.17, 15) is 19.1 Å². The highest BCUT2D eigenvalue weighted by molar-refractivity contribution is 5.92. The number of aliphatic hydroxyl groups is 1. The molecule has 0 saturated carbocycles. The summed E-state index contributed by atoms with van der Waals surface area (Å²) in [5, 5.41) is 14.8. The minimum absolute atomic E-state index is 0.0310. The van der Waals surface area contributed by atoms with Crippen LogP contribution in [-0.4, -0.2) is 65.2 Å². The van der Waals surface area contributed by atoms with Crippen molar-refractivity contribution >= 4 is 23.3 Å². The number of urea groups is 1. The Kier molecular flexibility index (Phi) is 6.93. The lowest BCUT2D eigenvalue weighted by Gasteiger charge is -2.41. The van der Waals surface area contributed by atoms with Gasteiger partial charge in [0.15, 0.2) is 0 Å². The van der Waals surface area contributed by atoms with Gasteiger partial charge in [0.1, 0.15) is 5.82 Å². The zero-order chi connectivity index (χ0) is 19.3. The second kappa shape index (κ2) is 8.95. The molecule has 1 aromatic rings. The molecule has 1 saturated heterocycles. The molecule has 1 aliphatic heterocycles. The van der Waals surface area contributed by atoms with Crippen LogP contribution in [0.25, 0.3) is 0 Å². The standard InChI is InChI=1S/C18H27FN4O3/c1-4-15-11-23(8-7-22(15)10-12(2)24)18(26)21-14-5-6-16(19)17(9-14)20-13(3)25/h5-6,9,12,15,24H,4,7-8,10-11H2,1-3H3,(H,20,25)(H,21,26)/t12-,15+/m0/s1. The minimum atomic E-state index is -0.559. The smallest absolute Gasteiger partial charge is 0.321 e. The van der Waals surface area contributed by atoms with Gasteiger partial charge < -0.3 is 20.6 Å². The Hall–Kier alpha value is -2.19. The van der Waals surface area contributed by atoms with Gasteiger partial charge >= 0.3 is 6.03 Å². The summed E-state index contributed by atoms with van der Waals surface area (Å²) in [5.74, 6) is -0.941. The zero-order valence-corrected chi connectivity index (χ0v) is 15.5. The van der Waals surface area contributed by atoms with Crippen LogP contribution in [0.1, 0.15) is 27.2 Å². The molecular weight excluding hydrogens is 339 g/mol. The summed E-state index contributed by atoms with van der Waals surface area (Å²) < 4.78 is 13.7. The van der Waals surface area contributed by atoms with E-state index < -0.39 is 11.9 Å². The number of hydrogen-bond acceptors (Lipinski definition) is 4. The van der Waals surface area contributed by atoms with Crippen molar-refractivity contribution in [1.29, 1.82) is 0 Å². The SMILES string of the molecule is CC[C@@H]1CN(C(=O)Nc2ccc(F)c(NC(C)=O)c2)CCN1C[C@H](C)O. The average molecular weight is 366 g/mol. The van der Waals surface area contributed by atoms with Crippen molar-refractivity contribution in [2.45, 2.75) is 39.3 Å². The van der Waals surface area contributed by atoms with E-state index >= 15 is 0 Å². The largest absolute Gasteiger partial charge is 0.392 e. The summed E-state index contributed by atoms with van der Waals surface area (Å²) in [5.41, 5.74) is 0.447. The summed E-state index contributed by atoms with van der Waals surface area (Å²) in [7, 11) is 0. The van der Waals surface area contributed by atoms with E-state index in [1.54, 1.807) is 11.8 Å². The molecule has 0 radical (unpaired) electrons. The van der Waals surface area contributed by atoms with Crippen LogP contribution in [0.4, 0.5) is 20.6 Å². The van der Waals surface area contributed by atoms with Crippen LogP contribution in [-0.2, 0) is 4.79 Å². The number of nitrogens with zero attached hydrogens (tertiary/aromatic N) is 2. The molecule has 0 aromatic heterocycles. The van der Waals surface area contributed by atoms with Crippen molar-refractivity contribution in [1.82, 2.24) is 9.80 Å². The molecule has 3 N–H and O–H groups in total. The van der Waals surface area contributed by atoms with Crippen LogP contribution >= 0.6 is 0 Å². The maximum atomic E-state index is 13.7. The van der Waals surface area contributed by atoms with Crippen molar-refractivity contribution in [3.63, 3.8) is 0 Å². The van der Waals surface area contributed by atoms with Crippen molar-refractivity contribution < 1.29 is 19.1 Å². The van der Waals surface area contributed by atoms with E-state index in [1.165, 1.54) is 25.1 Å². The molecule has 1 fully saturated rings. The zero-order valence-electron chi connectivity index (χ0n) is 15.5. The van der Waals surface area contributed by atoms with Crippen molar-refractivity contribution in [2.24, 2.45) is 0 Å². The first-order valence-electron chi connectivity index (χ1n) is 8.85. The highest BCUT2D eigenvalue weighted by atomic mass is 19.1. The molecule has 1 aromatic carbocycles. The first-order valence-corrected chi connectivity index (χ1v) is 8.85. The summed E-state index contributed by atoms with van der Waals surface area (Å²) in [6.07, 6.45) is 0.468. The molecule has 1 heterocycles. The van der Waals surface area contributed by atoms with Gasteiger partial charge in [-0.3, -0.25) is 9.69 Å². The lowest BCUT2D eigenvalue weighted by atomic mass is 10.1. The van der Waals surface area contributed by atoms with Gasteiger partial charge in [-0.25, -0.2) is 9.18 Å². The van der Waals surface area contributed by atoms with E-state index in [4.69, 9.17) is 0 Å². The lowest BCUT2D eigenvalue weighted by Crippen LogP contribution is -2.56. The molecule has 2 rings (SSSR count). The number of aliphatic hydroxyl groups excluding tert-OH is 1. The fourth-order valence-electron chi connectivity index (χ4n) is 3.14. The number of nitrogens with one attached hydrogen (secondary N) is 2. The summed E-state index contributed by atoms with van der Waals surface area (Å²) in [4.78, 5) is 27.6. The normalized spacial score (nSPS) is 19.1. The number of rotatable bonds is 5. The Morgan fingerprint density at radius 1 is 1.35 bits per heavy atom. The number of anilines is 2. The number of β-amino-alcohol motifs (C(OH)–C–C–N with tert-alkyl or cyclic N) is 1. The Morgan fingerprint density at radius 3 is 2.69 bits per heavy atom. The fourth-order valence-corrected chi connectivity index (χ4v) is 3.14. The Labute approximate surface area is 153 Å². The number of benzene rings is 1. The first-order chi connectivity index (χ1) is 12.3. The molecule has 1 aliphatic rings. The van der Waals surface area contributed by atoms with Crippen molar-refractivity contribution in [3.05, 3.63) is 24.0 Å². The first kappa shape index (κ1) is 20.1. The van der Waals surface area contributed by atoms with E-state index in [0.717, 1.165) is 6.42 Å². The molecule has 26 heavy (non-hydrogen) atoms. The van der Waals surface area contributed by atoms with E-state index in [2.05, 4.69) is 22.5 Å². The van der Waals surface area contributed by atoms with Crippen LogP contribution in [0.5, 0.6) is 0 Å². The van der Waals surface area contributed by atoms with Crippen LogP contribution in [0, 0.1) is 5.82 Å². The molecule has 0 aliphatic carbocycles. The number of piperazine rings is 1. The van der Waals surface area contributed by atoms with Gasteiger partial charge in [-0.1, -0.05) is 6.92 Å². The lowest BCUT2D eigenvalue weighted by molar-refractivity contribution is -0.114. The van der Waals surface area contributed by atoms with Crippen molar-refractivity contribution in [3.8, 4) is 0 Å². The monoisotopic (exact) mass is 366 g/mol. The number of hydrogen-bond donors (Lipinski definition) is 3. The van der Waals surface area contributed by atoms with Crippen molar-refractivity contribution in [2.75, 3.05) is 36.8 Å². The van der Waals surface area contributed by atoms with E-state index in [-0.39, 0.29) is 23.7 Å². The van der Waals surface area contributed by atoms with Gasteiger partial charge in [-0.05, 0) is 31.5 Å². The molecule has 2 atom stereocenters. The average Bonchev–Trinajstić information content (AvgIpc) is 2.57. The third-order valence-corrected chi connectivity index (χ3v) is 4.39. The molecule has 144 valence electrons. The molecule has 0 spiro atoms. The predicted molar refractivity (Wildman–Crippen MR) is 98.6 cm³/mol. The van der Waals surface area contributed by atoms with E-state index in [1.807, 2.05) is 0 Å². The number of carbonyl (C=O) groups excluding carboxylic acids is 2. The topological polar surface area (TPSA) is 84.9 Å². The second-order valence-corrected chi connectivity index (χ2v) is 6.66. The third kappa shape index (κ3) is 5.40. The fraction of sp³-hybridized carbons (Fsp3) is 0.556. The van der Waals surface area contributed by atoms with E-state index in [0.29, 0.717) is 31.9 Å². The van der Waals surface area contributed by atoms with Gasteiger partial charge in [0.2, 0.25) is 5.91 Å². The highest BCUT2D eigenvalue weighted by Gasteiger charge is 2.29. The highest BCUT2D eigenvalue weighted by Crippen LogP contribution is 2.21. The van der Waals surface area contributed by atoms with Gasteiger partial charge in [-0.2, -0.15) is 0 Å². The van der Waals surface area contributed by atoms with Crippen LogP contribution < -0.4 is 10.6 Å². The summed E-state index contributed by atoms with van der Waals surface area (Å²) in [6, 6.07) is 3.98. The van der Waals surface area contributed by atoms with Gasteiger partial charge in [0.05, 0.1) is 11.8 Å². The number of halogens is 1. The molecule has 0 bridgehead atoms. The quantitative estimate of drug-likeness (QED) is 0.745. The number of amides is 3. The van der Waals surface area contributed by atoms with Gasteiger partial charge in [0, 0.05) is 44.8 Å². The maximum Gasteiger partial charge on any atom is 0.321 e. The second-order valence-electron chi connectivity index (χ2n) is 6.66.